The van der Waals surface area contributed by atoms with Gasteiger partial charge in [-0.05, 0) is 24.5 Å². The summed E-state index contributed by atoms with van der Waals surface area (Å²) < 4.78 is 5.76. The van der Waals surface area contributed by atoms with Crippen LogP contribution in [0.25, 0.3) is 0 Å². The molecule has 1 aliphatic rings. The molecular formula is C13H20N2O. The normalized spacial score (nSPS) is 24.9. The molecule has 1 N–H and O–H groups in total. The van der Waals surface area contributed by atoms with Crippen LogP contribution in [-0.2, 0) is 4.74 Å². The third-order valence-corrected chi connectivity index (χ3v) is 3.13. The van der Waals surface area contributed by atoms with Gasteiger partial charge in [-0.15, -0.1) is 0 Å². The van der Waals surface area contributed by atoms with Crippen molar-refractivity contribution in [2.45, 2.75) is 26.4 Å². The predicted octanol–water partition coefficient (Wildman–Crippen LogP) is 2.55. The lowest BCUT2D eigenvalue weighted by Gasteiger charge is -2.22. The number of anilines is 1. The van der Waals surface area contributed by atoms with Crippen LogP contribution < -0.4 is 5.32 Å². The highest BCUT2D eigenvalue weighted by molar-refractivity contribution is 5.33. The molecule has 0 aromatic carbocycles. The molecule has 1 aromatic heterocycles. The Morgan fingerprint density at radius 2 is 2.38 bits per heavy atom. The largest absolute Gasteiger partial charge is 0.378 e. The molecule has 1 aromatic rings. The van der Waals surface area contributed by atoms with Crippen molar-refractivity contribution in [3.8, 4) is 0 Å². The van der Waals surface area contributed by atoms with E-state index in [1.54, 1.807) is 0 Å². The summed E-state index contributed by atoms with van der Waals surface area (Å²) in [7, 11) is 0. The predicted molar refractivity (Wildman–Crippen MR) is 65.4 cm³/mol. The quantitative estimate of drug-likeness (QED) is 0.846. The van der Waals surface area contributed by atoms with Crippen molar-refractivity contribution in [2.24, 2.45) is 11.8 Å². The molecule has 2 rings (SSSR count). The van der Waals surface area contributed by atoms with E-state index >= 15 is 0 Å². The summed E-state index contributed by atoms with van der Waals surface area (Å²) in [4.78, 5) is 4.26. The lowest BCUT2D eigenvalue weighted by molar-refractivity contribution is 0.0566. The Morgan fingerprint density at radius 3 is 3.06 bits per heavy atom. The van der Waals surface area contributed by atoms with Crippen LogP contribution in [0, 0.1) is 11.8 Å². The van der Waals surface area contributed by atoms with Crippen LogP contribution >= 0.6 is 0 Å². The molecule has 2 heterocycles. The maximum Gasteiger partial charge on any atom is 0.125 e. The number of nitrogens with one attached hydrogen (secondary N) is 1. The van der Waals surface area contributed by atoms with Gasteiger partial charge in [0.1, 0.15) is 5.82 Å². The van der Waals surface area contributed by atoms with Crippen LogP contribution in [0.5, 0.6) is 0 Å². The molecule has 0 aliphatic carbocycles. The Labute approximate surface area is 97.2 Å². The molecule has 0 unspecified atom stereocenters. The molecular weight excluding hydrogens is 200 g/mol. The molecule has 0 saturated carbocycles. The third-order valence-electron chi connectivity index (χ3n) is 3.13. The average Bonchev–Trinajstić information content (AvgIpc) is 2.76. The Balaban J connectivity index is 1.86. The molecule has 2 atom stereocenters. The zero-order valence-corrected chi connectivity index (χ0v) is 10.0. The second-order valence-electron chi connectivity index (χ2n) is 4.72. The molecule has 0 radical (unpaired) electrons. The van der Waals surface area contributed by atoms with Crippen LogP contribution in [-0.4, -0.2) is 24.2 Å². The van der Waals surface area contributed by atoms with Crippen molar-refractivity contribution in [1.29, 1.82) is 0 Å². The molecule has 0 amide bonds. The zero-order valence-electron chi connectivity index (χ0n) is 10.0. The second kappa shape index (κ2) is 5.30. The molecule has 3 heteroatoms. The van der Waals surface area contributed by atoms with Crippen LogP contribution in [0.3, 0.4) is 0 Å². The van der Waals surface area contributed by atoms with Gasteiger partial charge in [0.25, 0.3) is 0 Å². The van der Waals surface area contributed by atoms with E-state index in [1.165, 1.54) is 0 Å². The van der Waals surface area contributed by atoms with E-state index in [0.717, 1.165) is 25.4 Å². The first kappa shape index (κ1) is 11.4. The zero-order chi connectivity index (χ0) is 11.4. The molecule has 1 fully saturated rings. The Morgan fingerprint density at radius 1 is 1.50 bits per heavy atom. The van der Waals surface area contributed by atoms with Crippen LogP contribution in [0.2, 0.25) is 0 Å². The first-order valence-corrected chi connectivity index (χ1v) is 6.04. The third kappa shape index (κ3) is 2.73. The number of aromatic nitrogens is 1. The highest BCUT2D eigenvalue weighted by Gasteiger charge is 2.30. The average molecular weight is 220 g/mol. The van der Waals surface area contributed by atoms with E-state index < -0.39 is 0 Å². The maximum absolute atomic E-state index is 5.76. The fourth-order valence-electron chi connectivity index (χ4n) is 2.31. The minimum Gasteiger partial charge on any atom is -0.378 e. The highest BCUT2D eigenvalue weighted by Crippen LogP contribution is 2.26. The van der Waals surface area contributed by atoms with Gasteiger partial charge in [0, 0.05) is 25.3 Å². The molecule has 3 nitrogen and oxygen atoms in total. The second-order valence-corrected chi connectivity index (χ2v) is 4.72. The first-order valence-electron chi connectivity index (χ1n) is 6.04. The number of hydrogen-bond acceptors (Lipinski definition) is 3. The lowest BCUT2D eigenvalue weighted by Crippen LogP contribution is -2.28. The van der Waals surface area contributed by atoms with Gasteiger partial charge in [-0.3, -0.25) is 0 Å². The van der Waals surface area contributed by atoms with Crippen molar-refractivity contribution in [3.05, 3.63) is 24.4 Å². The van der Waals surface area contributed by atoms with Gasteiger partial charge in [0.15, 0.2) is 0 Å². The van der Waals surface area contributed by atoms with Gasteiger partial charge < -0.3 is 10.1 Å². The number of pyridine rings is 1. The molecule has 1 aliphatic heterocycles. The van der Waals surface area contributed by atoms with E-state index in [0.29, 0.717) is 17.9 Å². The number of hydrogen-bond donors (Lipinski definition) is 1. The van der Waals surface area contributed by atoms with Crippen molar-refractivity contribution >= 4 is 5.82 Å². The number of nitrogens with zero attached hydrogens (tertiary/aromatic N) is 1. The van der Waals surface area contributed by atoms with E-state index in [9.17, 15) is 0 Å². The minimum atomic E-state index is 0.399. The fourth-order valence-corrected chi connectivity index (χ4v) is 2.31. The molecule has 0 spiro atoms. The SMILES string of the molecule is CC(C)[C@@H]1OCC[C@H]1CNc1ccccn1. The van der Waals surface area contributed by atoms with Gasteiger partial charge in [0.2, 0.25) is 0 Å². The molecule has 1 saturated heterocycles. The first-order chi connectivity index (χ1) is 7.77. The summed E-state index contributed by atoms with van der Waals surface area (Å²) in [5.41, 5.74) is 0. The fraction of sp³-hybridized carbons (Fsp3) is 0.615. The Bertz CT molecular complexity index is 313. The summed E-state index contributed by atoms with van der Waals surface area (Å²) >= 11 is 0. The summed E-state index contributed by atoms with van der Waals surface area (Å²) in [6.07, 6.45) is 3.37. The van der Waals surface area contributed by atoms with Crippen molar-refractivity contribution in [1.82, 2.24) is 4.98 Å². The molecule has 16 heavy (non-hydrogen) atoms. The van der Waals surface area contributed by atoms with Crippen LogP contribution in [0.1, 0.15) is 20.3 Å². The highest BCUT2D eigenvalue weighted by atomic mass is 16.5. The van der Waals surface area contributed by atoms with Gasteiger partial charge in [-0.2, -0.15) is 0 Å². The lowest BCUT2D eigenvalue weighted by atomic mass is 9.93. The van der Waals surface area contributed by atoms with Gasteiger partial charge in [-0.25, -0.2) is 4.98 Å². The van der Waals surface area contributed by atoms with Crippen LogP contribution in [0.15, 0.2) is 24.4 Å². The standard InChI is InChI=1S/C13H20N2O/c1-10(2)13-11(6-8-16-13)9-15-12-5-3-4-7-14-12/h3-5,7,10-11,13H,6,8-9H2,1-2H3,(H,14,15)/t11-,13-/m0/s1. The van der Waals surface area contributed by atoms with Crippen LogP contribution in [0.4, 0.5) is 5.82 Å². The molecule has 88 valence electrons. The number of rotatable bonds is 4. The maximum atomic E-state index is 5.76. The monoisotopic (exact) mass is 220 g/mol. The van der Waals surface area contributed by atoms with E-state index in [1.807, 2.05) is 24.4 Å². The van der Waals surface area contributed by atoms with E-state index in [2.05, 4.69) is 24.1 Å². The van der Waals surface area contributed by atoms with E-state index in [4.69, 9.17) is 4.74 Å². The molecule has 0 bridgehead atoms. The smallest absolute Gasteiger partial charge is 0.125 e. The van der Waals surface area contributed by atoms with E-state index in [-0.39, 0.29) is 0 Å². The Kier molecular flexibility index (Phi) is 3.78. The number of ether oxygens (including phenoxy) is 1. The summed E-state index contributed by atoms with van der Waals surface area (Å²) in [6, 6.07) is 5.93. The van der Waals surface area contributed by atoms with Gasteiger partial charge >= 0.3 is 0 Å². The van der Waals surface area contributed by atoms with Crippen molar-refractivity contribution in [3.63, 3.8) is 0 Å². The van der Waals surface area contributed by atoms with Crippen molar-refractivity contribution < 1.29 is 4.74 Å². The summed E-state index contributed by atoms with van der Waals surface area (Å²) in [6.45, 7) is 6.31. The Hall–Kier alpha value is -1.09. The summed E-state index contributed by atoms with van der Waals surface area (Å²) in [5, 5.41) is 3.38. The van der Waals surface area contributed by atoms with Gasteiger partial charge in [-0.1, -0.05) is 19.9 Å². The van der Waals surface area contributed by atoms with Gasteiger partial charge in [0.05, 0.1) is 6.10 Å². The minimum absolute atomic E-state index is 0.399. The summed E-state index contributed by atoms with van der Waals surface area (Å²) in [5.74, 6) is 2.16. The topological polar surface area (TPSA) is 34.1 Å². The van der Waals surface area contributed by atoms with Crippen molar-refractivity contribution in [2.75, 3.05) is 18.5 Å².